The van der Waals surface area contributed by atoms with Gasteiger partial charge in [-0.25, -0.2) is 13.1 Å². The van der Waals surface area contributed by atoms with Gasteiger partial charge in [0.1, 0.15) is 5.75 Å². The van der Waals surface area contributed by atoms with Gasteiger partial charge in [0.15, 0.2) is 0 Å². The molecule has 1 aromatic rings. The molecule has 0 aliphatic heterocycles. The lowest BCUT2D eigenvalue weighted by Gasteiger charge is -2.15. The Bertz CT molecular complexity index is 528. The average molecular weight is 301 g/mol. The molecule has 0 saturated carbocycles. The Kier molecular flexibility index (Phi) is 6.45. The van der Waals surface area contributed by atoms with Gasteiger partial charge in [-0.15, -0.1) is 0 Å². The van der Waals surface area contributed by atoms with Gasteiger partial charge >= 0.3 is 0 Å². The highest BCUT2D eigenvalue weighted by Crippen LogP contribution is 2.22. The lowest BCUT2D eigenvalue weighted by molar-refractivity contribution is 0.279. The normalized spacial score (nSPS) is 13.2. The molecule has 0 bridgehead atoms. The first-order valence-corrected chi connectivity index (χ1v) is 8.25. The van der Waals surface area contributed by atoms with Crippen molar-refractivity contribution in [2.75, 3.05) is 13.2 Å². The maximum absolute atomic E-state index is 12.2. The van der Waals surface area contributed by atoms with E-state index in [4.69, 9.17) is 9.84 Å². The zero-order chi connectivity index (χ0) is 15.2. The summed E-state index contributed by atoms with van der Waals surface area (Å²) in [6.45, 7) is 6.10. The lowest BCUT2D eigenvalue weighted by atomic mass is 10.2. The number of sulfonamides is 1. The molecule has 0 radical (unpaired) electrons. The highest BCUT2D eigenvalue weighted by atomic mass is 32.2. The van der Waals surface area contributed by atoms with E-state index in [1.54, 1.807) is 25.1 Å². The summed E-state index contributed by atoms with van der Waals surface area (Å²) in [6.07, 6.45) is 1.18. The Morgan fingerprint density at radius 3 is 2.65 bits per heavy atom. The molecule has 0 aliphatic carbocycles. The second kappa shape index (κ2) is 7.61. The molecule has 114 valence electrons. The summed E-state index contributed by atoms with van der Waals surface area (Å²) in [7, 11) is -3.53. The van der Waals surface area contributed by atoms with Gasteiger partial charge in [0.25, 0.3) is 0 Å². The molecule has 1 unspecified atom stereocenters. The van der Waals surface area contributed by atoms with Crippen LogP contribution in [-0.4, -0.2) is 32.8 Å². The number of nitrogens with one attached hydrogen (secondary N) is 1. The molecule has 0 aliphatic rings. The number of benzene rings is 1. The Morgan fingerprint density at radius 1 is 1.40 bits per heavy atom. The molecule has 2 N–H and O–H groups in total. The average Bonchev–Trinajstić information content (AvgIpc) is 2.38. The van der Waals surface area contributed by atoms with Gasteiger partial charge in [0.2, 0.25) is 10.0 Å². The summed E-state index contributed by atoms with van der Waals surface area (Å²) in [6, 6.07) is 4.61. The van der Waals surface area contributed by atoms with E-state index in [9.17, 15) is 8.42 Å². The minimum atomic E-state index is -3.53. The van der Waals surface area contributed by atoms with Crippen LogP contribution in [0.1, 0.15) is 32.3 Å². The van der Waals surface area contributed by atoms with Crippen molar-refractivity contribution in [3.05, 3.63) is 23.8 Å². The second-order valence-corrected chi connectivity index (χ2v) is 6.46. The predicted molar refractivity (Wildman–Crippen MR) is 78.5 cm³/mol. The maximum Gasteiger partial charge on any atom is 0.240 e. The molecule has 20 heavy (non-hydrogen) atoms. The van der Waals surface area contributed by atoms with Crippen LogP contribution in [0.5, 0.6) is 5.75 Å². The molecular formula is C14H23NO4S. The lowest BCUT2D eigenvalue weighted by Crippen LogP contribution is -2.32. The summed E-state index contributed by atoms with van der Waals surface area (Å²) < 4.78 is 32.4. The van der Waals surface area contributed by atoms with Crippen molar-refractivity contribution in [2.24, 2.45) is 0 Å². The van der Waals surface area contributed by atoms with Crippen molar-refractivity contribution < 1.29 is 18.3 Å². The van der Waals surface area contributed by atoms with Crippen LogP contribution in [0.3, 0.4) is 0 Å². The van der Waals surface area contributed by atoms with E-state index in [1.807, 2.05) is 13.8 Å². The molecule has 0 amide bonds. The zero-order valence-corrected chi connectivity index (χ0v) is 13.0. The minimum absolute atomic E-state index is 0.0637. The van der Waals surface area contributed by atoms with Gasteiger partial charge < -0.3 is 9.84 Å². The van der Waals surface area contributed by atoms with Crippen LogP contribution in [0.4, 0.5) is 0 Å². The van der Waals surface area contributed by atoms with Gasteiger partial charge in [-0.05, 0) is 57.4 Å². The van der Waals surface area contributed by atoms with Gasteiger partial charge in [-0.2, -0.15) is 0 Å². The fourth-order valence-corrected chi connectivity index (χ4v) is 3.26. The number of aryl methyl sites for hydroxylation is 1. The largest absolute Gasteiger partial charge is 0.494 e. The Labute approximate surface area is 121 Å². The first-order chi connectivity index (χ1) is 9.40. The van der Waals surface area contributed by atoms with Crippen LogP contribution in [0, 0.1) is 6.92 Å². The summed E-state index contributed by atoms with van der Waals surface area (Å²) in [4.78, 5) is 0.231. The highest BCUT2D eigenvalue weighted by molar-refractivity contribution is 7.89. The first-order valence-electron chi connectivity index (χ1n) is 6.77. The molecule has 0 saturated heterocycles. The van der Waals surface area contributed by atoms with Crippen LogP contribution < -0.4 is 9.46 Å². The summed E-state index contributed by atoms with van der Waals surface area (Å²) in [5.74, 6) is 0.694. The summed E-state index contributed by atoms with van der Waals surface area (Å²) in [5.41, 5.74) is 0.790. The molecule has 0 heterocycles. The van der Waals surface area contributed by atoms with E-state index in [2.05, 4.69) is 4.72 Å². The number of hydrogen-bond donors (Lipinski definition) is 2. The Hall–Kier alpha value is -1.11. The van der Waals surface area contributed by atoms with Crippen molar-refractivity contribution in [1.29, 1.82) is 0 Å². The SMILES string of the molecule is CCOc1ccc(S(=O)(=O)NC(C)CCCO)cc1C. The van der Waals surface area contributed by atoms with Crippen LogP contribution in [0.2, 0.25) is 0 Å². The molecule has 5 nitrogen and oxygen atoms in total. The smallest absolute Gasteiger partial charge is 0.240 e. The van der Waals surface area contributed by atoms with Gasteiger partial charge in [0, 0.05) is 12.6 Å². The highest BCUT2D eigenvalue weighted by Gasteiger charge is 2.18. The summed E-state index contributed by atoms with van der Waals surface area (Å²) >= 11 is 0. The minimum Gasteiger partial charge on any atom is -0.494 e. The molecule has 0 aromatic heterocycles. The van der Waals surface area contributed by atoms with Crippen molar-refractivity contribution in [3.8, 4) is 5.75 Å². The van der Waals surface area contributed by atoms with Gasteiger partial charge in [0.05, 0.1) is 11.5 Å². The number of aliphatic hydroxyl groups excluding tert-OH is 1. The molecule has 1 atom stereocenters. The Morgan fingerprint density at radius 2 is 2.10 bits per heavy atom. The zero-order valence-electron chi connectivity index (χ0n) is 12.2. The fourth-order valence-electron chi connectivity index (χ4n) is 1.90. The summed E-state index contributed by atoms with van der Waals surface area (Å²) in [5, 5.41) is 8.76. The third-order valence-corrected chi connectivity index (χ3v) is 4.50. The topological polar surface area (TPSA) is 75.6 Å². The van der Waals surface area contributed by atoms with E-state index < -0.39 is 10.0 Å². The van der Waals surface area contributed by atoms with Crippen LogP contribution in [0.25, 0.3) is 0 Å². The van der Waals surface area contributed by atoms with E-state index in [0.29, 0.717) is 25.2 Å². The monoisotopic (exact) mass is 301 g/mol. The van der Waals surface area contributed by atoms with Crippen molar-refractivity contribution in [1.82, 2.24) is 4.72 Å². The molecule has 0 fully saturated rings. The van der Waals surface area contributed by atoms with E-state index >= 15 is 0 Å². The van der Waals surface area contributed by atoms with Crippen LogP contribution >= 0.6 is 0 Å². The molecule has 0 spiro atoms. The number of aliphatic hydroxyl groups is 1. The van der Waals surface area contributed by atoms with Gasteiger partial charge in [-0.3, -0.25) is 0 Å². The van der Waals surface area contributed by atoms with Crippen LogP contribution in [-0.2, 0) is 10.0 Å². The van der Waals surface area contributed by atoms with E-state index in [1.165, 1.54) is 0 Å². The molecular weight excluding hydrogens is 278 g/mol. The number of ether oxygens (including phenoxy) is 1. The maximum atomic E-state index is 12.2. The Balaban J connectivity index is 2.84. The third kappa shape index (κ3) is 4.77. The fraction of sp³-hybridized carbons (Fsp3) is 0.571. The van der Waals surface area contributed by atoms with E-state index in [-0.39, 0.29) is 17.5 Å². The standard InChI is InChI=1S/C14H23NO4S/c1-4-19-14-8-7-13(10-11(14)2)20(17,18)15-12(3)6-5-9-16/h7-8,10,12,15-16H,4-6,9H2,1-3H3. The number of rotatable bonds is 8. The van der Waals surface area contributed by atoms with Crippen molar-refractivity contribution in [3.63, 3.8) is 0 Å². The van der Waals surface area contributed by atoms with Crippen LogP contribution in [0.15, 0.2) is 23.1 Å². The van der Waals surface area contributed by atoms with Crippen molar-refractivity contribution in [2.45, 2.75) is 44.6 Å². The first kappa shape index (κ1) is 16.9. The third-order valence-electron chi connectivity index (χ3n) is 2.91. The number of hydrogen-bond acceptors (Lipinski definition) is 4. The molecule has 1 aromatic carbocycles. The second-order valence-electron chi connectivity index (χ2n) is 4.75. The molecule has 1 rings (SSSR count). The van der Waals surface area contributed by atoms with Crippen molar-refractivity contribution >= 4 is 10.0 Å². The van der Waals surface area contributed by atoms with E-state index in [0.717, 1.165) is 5.56 Å². The predicted octanol–water partition coefficient (Wildman–Crippen LogP) is 1.83. The molecule has 6 heteroatoms. The quantitative estimate of drug-likeness (QED) is 0.768. The van der Waals surface area contributed by atoms with Gasteiger partial charge in [-0.1, -0.05) is 0 Å².